The van der Waals surface area contributed by atoms with Crippen LogP contribution in [-0.2, 0) is 0 Å². The minimum absolute atomic E-state index is 0.157. The predicted molar refractivity (Wildman–Crippen MR) is 54.2 cm³/mol. The van der Waals surface area contributed by atoms with Crippen LogP contribution in [0.1, 0.15) is 25.3 Å². The molecule has 0 aromatic carbocycles. The highest BCUT2D eigenvalue weighted by atomic mass is 16.5. The molecule has 1 fully saturated rings. The zero-order valence-corrected chi connectivity index (χ0v) is 8.84. The average Bonchev–Trinajstić information content (AvgIpc) is 2.96. The van der Waals surface area contributed by atoms with Gasteiger partial charge < -0.3 is 9.84 Å². The molecule has 0 radical (unpaired) electrons. The molecule has 3 heterocycles. The van der Waals surface area contributed by atoms with Crippen LogP contribution in [0.5, 0.6) is 0 Å². The van der Waals surface area contributed by atoms with Gasteiger partial charge in [0, 0.05) is 0 Å². The third kappa shape index (κ3) is 1.49. The highest BCUT2D eigenvalue weighted by Crippen LogP contribution is 2.28. The smallest absolute Gasteiger partial charge is 0.244 e. The van der Waals surface area contributed by atoms with E-state index in [-0.39, 0.29) is 6.04 Å². The van der Waals surface area contributed by atoms with Crippen LogP contribution in [0.3, 0.4) is 0 Å². The number of H-pyrrole nitrogens is 1. The van der Waals surface area contributed by atoms with Gasteiger partial charge >= 0.3 is 0 Å². The van der Waals surface area contributed by atoms with E-state index in [0.29, 0.717) is 23.5 Å². The van der Waals surface area contributed by atoms with Crippen LogP contribution < -0.4 is 5.32 Å². The first-order valence-corrected chi connectivity index (χ1v) is 5.27. The van der Waals surface area contributed by atoms with Crippen LogP contribution in [0.2, 0.25) is 0 Å². The van der Waals surface area contributed by atoms with Gasteiger partial charge in [0.2, 0.25) is 11.7 Å². The molecule has 7 nitrogen and oxygen atoms in total. The molecule has 2 aromatic rings. The van der Waals surface area contributed by atoms with Crippen molar-refractivity contribution in [3.8, 4) is 11.6 Å². The van der Waals surface area contributed by atoms with Gasteiger partial charge in [-0.15, -0.1) is 0 Å². The SMILES string of the molecule is CC1CCNC1c1nc(-c2ncn[nH]2)no1. The van der Waals surface area contributed by atoms with E-state index in [1.54, 1.807) is 0 Å². The monoisotopic (exact) mass is 220 g/mol. The number of aromatic nitrogens is 5. The zero-order chi connectivity index (χ0) is 11.0. The molecule has 2 N–H and O–H groups in total. The molecule has 0 saturated carbocycles. The largest absolute Gasteiger partial charge is 0.337 e. The van der Waals surface area contributed by atoms with Gasteiger partial charge in [0.1, 0.15) is 6.33 Å². The summed E-state index contributed by atoms with van der Waals surface area (Å²) in [4.78, 5) is 8.28. The maximum atomic E-state index is 5.23. The van der Waals surface area contributed by atoms with Crippen molar-refractivity contribution in [3.05, 3.63) is 12.2 Å². The summed E-state index contributed by atoms with van der Waals surface area (Å²) in [6.45, 7) is 3.16. The number of hydrogen-bond donors (Lipinski definition) is 2. The molecule has 0 bridgehead atoms. The molecule has 0 aliphatic carbocycles. The first-order chi connectivity index (χ1) is 7.84. The normalized spacial score (nSPS) is 25.1. The number of nitrogens with zero attached hydrogens (tertiary/aromatic N) is 4. The predicted octanol–water partition coefficient (Wildman–Crippen LogP) is 0.525. The molecule has 2 atom stereocenters. The highest BCUT2D eigenvalue weighted by molar-refractivity contribution is 5.39. The third-order valence-corrected chi connectivity index (χ3v) is 2.87. The van der Waals surface area contributed by atoms with E-state index >= 15 is 0 Å². The quantitative estimate of drug-likeness (QED) is 0.766. The highest BCUT2D eigenvalue weighted by Gasteiger charge is 2.29. The molecule has 2 aromatic heterocycles. The van der Waals surface area contributed by atoms with Gasteiger partial charge in [-0.3, -0.25) is 5.10 Å². The van der Waals surface area contributed by atoms with Gasteiger partial charge in [-0.25, -0.2) is 4.98 Å². The van der Waals surface area contributed by atoms with Gasteiger partial charge in [-0.1, -0.05) is 12.1 Å². The van der Waals surface area contributed by atoms with Crippen LogP contribution in [0, 0.1) is 5.92 Å². The fraction of sp³-hybridized carbons (Fsp3) is 0.556. The summed E-state index contributed by atoms with van der Waals surface area (Å²) in [6, 6.07) is 0.157. The molecule has 1 saturated heterocycles. The van der Waals surface area contributed by atoms with Crippen molar-refractivity contribution in [3.63, 3.8) is 0 Å². The van der Waals surface area contributed by atoms with Gasteiger partial charge in [0.15, 0.2) is 5.82 Å². The van der Waals surface area contributed by atoms with Crippen LogP contribution in [-0.4, -0.2) is 31.9 Å². The summed E-state index contributed by atoms with van der Waals surface area (Å²) in [6.07, 6.45) is 2.55. The van der Waals surface area contributed by atoms with E-state index < -0.39 is 0 Å². The lowest BCUT2D eigenvalue weighted by Gasteiger charge is -2.08. The van der Waals surface area contributed by atoms with E-state index in [2.05, 4.69) is 37.6 Å². The van der Waals surface area contributed by atoms with Gasteiger partial charge in [0.05, 0.1) is 6.04 Å². The Kier molecular flexibility index (Phi) is 2.17. The molecule has 16 heavy (non-hydrogen) atoms. The third-order valence-electron chi connectivity index (χ3n) is 2.87. The summed E-state index contributed by atoms with van der Waals surface area (Å²) in [5.74, 6) is 2.12. The fourth-order valence-corrected chi connectivity index (χ4v) is 1.94. The van der Waals surface area contributed by atoms with Crippen molar-refractivity contribution >= 4 is 0 Å². The first kappa shape index (κ1) is 9.46. The van der Waals surface area contributed by atoms with Crippen molar-refractivity contribution in [2.75, 3.05) is 6.54 Å². The Morgan fingerprint density at radius 1 is 1.50 bits per heavy atom. The van der Waals surface area contributed by atoms with Gasteiger partial charge in [-0.05, 0) is 18.9 Å². The number of hydrogen-bond acceptors (Lipinski definition) is 6. The zero-order valence-electron chi connectivity index (χ0n) is 8.84. The number of aromatic amines is 1. The van der Waals surface area contributed by atoms with E-state index in [4.69, 9.17) is 4.52 Å². The minimum atomic E-state index is 0.157. The maximum Gasteiger partial charge on any atom is 0.244 e. The van der Waals surface area contributed by atoms with Crippen LogP contribution in [0.25, 0.3) is 11.6 Å². The second-order valence-electron chi connectivity index (χ2n) is 3.99. The number of nitrogens with one attached hydrogen (secondary N) is 2. The van der Waals surface area contributed by atoms with Gasteiger partial charge in [0.25, 0.3) is 0 Å². The molecule has 84 valence electrons. The second-order valence-corrected chi connectivity index (χ2v) is 3.99. The fourth-order valence-electron chi connectivity index (χ4n) is 1.94. The van der Waals surface area contributed by atoms with E-state index in [1.807, 2.05) is 0 Å². The standard InChI is InChI=1S/C9H12N6O/c1-5-2-3-10-6(5)9-13-8(15-16-9)7-11-4-12-14-7/h4-6,10H,2-3H2,1H3,(H,11,12,14). The van der Waals surface area contributed by atoms with E-state index in [1.165, 1.54) is 6.33 Å². The van der Waals surface area contributed by atoms with Crippen LogP contribution in [0.15, 0.2) is 10.9 Å². The summed E-state index contributed by atoms with van der Waals surface area (Å²) in [7, 11) is 0. The van der Waals surface area contributed by atoms with Crippen molar-refractivity contribution in [2.45, 2.75) is 19.4 Å². The molecule has 1 aliphatic heterocycles. The maximum absolute atomic E-state index is 5.23. The lowest BCUT2D eigenvalue weighted by molar-refractivity contribution is 0.319. The van der Waals surface area contributed by atoms with Crippen LogP contribution >= 0.6 is 0 Å². The average molecular weight is 220 g/mol. The van der Waals surface area contributed by atoms with Crippen molar-refractivity contribution < 1.29 is 4.52 Å². The molecular weight excluding hydrogens is 208 g/mol. The van der Waals surface area contributed by atoms with Crippen LogP contribution in [0.4, 0.5) is 0 Å². The topological polar surface area (TPSA) is 92.5 Å². The Morgan fingerprint density at radius 3 is 3.12 bits per heavy atom. The Morgan fingerprint density at radius 2 is 2.44 bits per heavy atom. The molecule has 2 unspecified atom stereocenters. The van der Waals surface area contributed by atoms with Crippen molar-refractivity contribution in [1.82, 2.24) is 30.6 Å². The van der Waals surface area contributed by atoms with Gasteiger partial charge in [-0.2, -0.15) is 10.1 Å². The first-order valence-electron chi connectivity index (χ1n) is 5.27. The summed E-state index contributed by atoms with van der Waals surface area (Å²) >= 11 is 0. The van der Waals surface area contributed by atoms with E-state index in [9.17, 15) is 0 Å². The Balaban J connectivity index is 1.88. The molecule has 1 aliphatic rings. The Labute approximate surface area is 91.7 Å². The molecular formula is C9H12N6O. The molecule has 0 amide bonds. The summed E-state index contributed by atoms with van der Waals surface area (Å²) in [5.41, 5.74) is 0. The van der Waals surface area contributed by atoms with Crippen molar-refractivity contribution in [1.29, 1.82) is 0 Å². The summed E-state index contributed by atoms with van der Waals surface area (Å²) < 4.78 is 5.23. The Bertz CT molecular complexity index is 464. The molecule has 7 heteroatoms. The molecule has 3 rings (SSSR count). The van der Waals surface area contributed by atoms with E-state index in [0.717, 1.165) is 13.0 Å². The second kappa shape index (κ2) is 3.67. The summed E-state index contributed by atoms with van der Waals surface area (Å²) in [5, 5.41) is 13.7. The minimum Gasteiger partial charge on any atom is -0.337 e. The molecule has 0 spiro atoms. The number of rotatable bonds is 2. The lowest BCUT2D eigenvalue weighted by atomic mass is 10.0. The van der Waals surface area contributed by atoms with Crippen molar-refractivity contribution in [2.24, 2.45) is 5.92 Å². The lowest BCUT2D eigenvalue weighted by Crippen LogP contribution is -2.16. The Hall–Kier alpha value is -1.76.